The van der Waals surface area contributed by atoms with E-state index in [0.29, 0.717) is 40.1 Å². The lowest BCUT2D eigenvalue weighted by Crippen LogP contribution is -2.15. The lowest BCUT2D eigenvalue weighted by Gasteiger charge is -2.09. The minimum atomic E-state index is -3.39. The SMILES string of the molecule is CC(C)S(=O)(=O)c1ccc(C(=O)Nc2ccc3nc(Cc4ccccc4F)[nH]c3c2)cc1. The third-order valence-electron chi connectivity index (χ3n) is 5.17. The van der Waals surface area contributed by atoms with Crippen molar-refractivity contribution in [1.82, 2.24) is 9.97 Å². The van der Waals surface area contributed by atoms with E-state index in [4.69, 9.17) is 0 Å². The number of hydrogen-bond acceptors (Lipinski definition) is 4. The highest BCUT2D eigenvalue weighted by atomic mass is 32.2. The summed E-state index contributed by atoms with van der Waals surface area (Å²) in [5, 5.41) is 2.27. The predicted molar refractivity (Wildman–Crippen MR) is 122 cm³/mol. The van der Waals surface area contributed by atoms with Crippen LogP contribution in [-0.2, 0) is 16.3 Å². The van der Waals surface area contributed by atoms with Gasteiger partial charge in [0.05, 0.1) is 21.2 Å². The highest BCUT2D eigenvalue weighted by Crippen LogP contribution is 2.21. The number of carbonyl (C=O) groups excluding carboxylic acids is 1. The minimum absolute atomic E-state index is 0.185. The molecule has 0 spiro atoms. The van der Waals surface area contributed by atoms with Crippen molar-refractivity contribution in [2.45, 2.75) is 30.4 Å². The van der Waals surface area contributed by atoms with Gasteiger partial charge < -0.3 is 10.3 Å². The van der Waals surface area contributed by atoms with Gasteiger partial charge in [0.1, 0.15) is 11.6 Å². The maximum absolute atomic E-state index is 13.9. The molecule has 0 fully saturated rings. The zero-order valence-electron chi connectivity index (χ0n) is 17.6. The largest absolute Gasteiger partial charge is 0.342 e. The first-order valence-electron chi connectivity index (χ1n) is 10.1. The Morgan fingerprint density at radius 2 is 1.78 bits per heavy atom. The van der Waals surface area contributed by atoms with Crippen LogP contribution in [0.2, 0.25) is 0 Å². The molecule has 0 aliphatic rings. The number of rotatable bonds is 6. The summed E-state index contributed by atoms with van der Waals surface area (Å²) in [6.45, 7) is 3.23. The molecule has 4 aromatic rings. The van der Waals surface area contributed by atoms with Gasteiger partial charge >= 0.3 is 0 Å². The van der Waals surface area contributed by atoms with Crippen LogP contribution in [-0.4, -0.2) is 29.5 Å². The first-order chi connectivity index (χ1) is 15.2. The number of benzene rings is 3. The van der Waals surface area contributed by atoms with Crippen molar-refractivity contribution in [2.75, 3.05) is 5.32 Å². The van der Waals surface area contributed by atoms with Crippen LogP contribution >= 0.6 is 0 Å². The molecule has 0 radical (unpaired) electrons. The Morgan fingerprint density at radius 1 is 1.06 bits per heavy atom. The highest BCUT2D eigenvalue weighted by molar-refractivity contribution is 7.92. The number of aromatic nitrogens is 2. The van der Waals surface area contributed by atoms with Crippen molar-refractivity contribution in [3.63, 3.8) is 0 Å². The van der Waals surface area contributed by atoms with Gasteiger partial charge in [-0.25, -0.2) is 17.8 Å². The van der Waals surface area contributed by atoms with Gasteiger partial charge in [-0.05, 0) is 67.9 Å². The molecule has 1 heterocycles. The maximum atomic E-state index is 13.9. The standard InChI is InChI=1S/C24H22FN3O3S/c1-15(2)32(30,31)19-10-7-16(8-11-19)24(29)26-18-9-12-21-22(14-18)28-23(27-21)13-17-5-3-4-6-20(17)25/h3-12,14-15H,13H2,1-2H3,(H,26,29)(H,27,28). The van der Waals surface area contributed by atoms with E-state index in [0.717, 1.165) is 0 Å². The summed E-state index contributed by atoms with van der Waals surface area (Å²) in [5.41, 5.74) is 2.87. The molecule has 1 aromatic heterocycles. The zero-order chi connectivity index (χ0) is 22.9. The summed E-state index contributed by atoms with van der Waals surface area (Å²) in [4.78, 5) is 20.4. The van der Waals surface area contributed by atoms with Gasteiger partial charge in [0.2, 0.25) is 0 Å². The molecular weight excluding hydrogens is 429 g/mol. The number of amides is 1. The molecule has 0 atom stereocenters. The van der Waals surface area contributed by atoms with Gasteiger partial charge in [-0.15, -0.1) is 0 Å². The third kappa shape index (κ3) is 4.40. The van der Waals surface area contributed by atoms with Crippen molar-refractivity contribution in [2.24, 2.45) is 0 Å². The lowest BCUT2D eigenvalue weighted by molar-refractivity contribution is 0.102. The van der Waals surface area contributed by atoms with E-state index >= 15 is 0 Å². The smallest absolute Gasteiger partial charge is 0.255 e. The summed E-state index contributed by atoms with van der Waals surface area (Å²) in [5.74, 6) is -0.0208. The van der Waals surface area contributed by atoms with Crippen molar-refractivity contribution in [1.29, 1.82) is 0 Å². The molecule has 2 N–H and O–H groups in total. The fraction of sp³-hybridized carbons (Fsp3) is 0.167. The van der Waals surface area contributed by atoms with Crippen LogP contribution in [0.1, 0.15) is 35.6 Å². The van der Waals surface area contributed by atoms with Crippen LogP contribution in [0.5, 0.6) is 0 Å². The van der Waals surface area contributed by atoms with Crippen LogP contribution in [0.25, 0.3) is 11.0 Å². The molecule has 0 saturated heterocycles. The average Bonchev–Trinajstić information content (AvgIpc) is 3.17. The molecule has 0 aliphatic carbocycles. The molecule has 0 aliphatic heterocycles. The number of aromatic amines is 1. The molecule has 4 rings (SSSR count). The van der Waals surface area contributed by atoms with Crippen LogP contribution < -0.4 is 5.32 Å². The minimum Gasteiger partial charge on any atom is -0.342 e. The Labute approximate surface area is 185 Å². The fourth-order valence-electron chi connectivity index (χ4n) is 3.32. The maximum Gasteiger partial charge on any atom is 0.255 e. The first kappa shape index (κ1) is 21.7. The van der Waals surface area contributed by atoms with E-state index in [-0.39, 0.29) is 16.6 Å². The molecule has 6 nitrogen and oxygen atoms in total. The number of anilines is 1. The van der Waals surface area contributed by atoms with E-state index in [9.17, 15) is 17.6 Å². The first-order valence-corrected chi connectivity index (χ1v) is 11.7. The second-order valence-corrected chi connectivity index (χ2v) is 10.3. The Hall–Kier alpha value is -3.52. The number of halogens is 1. The van der Waals surface area contributed by atoms with Gasteiger partial charge in [-0.3, -0.25) is 4.79 Å². The molecule has 32 heavy (non-hydrogen) atoms. The second kappa shape index (κ2) is 8.55. The fourth-order valence-corrected chi connectivity index (χ4v) is 4.38. The molecule has 1 amide bonds. The number of carbonyl (C=O) groups is 1. The van der Waals surface area contributed by atoms with Crippen LogP contribution in [0.15, 0.2) is 71.6 Å². The number of fused-ring (bicyclic) bond motifs is 1. The van der Waals surface area contributed by atoms with Gasteiger partial charge in [0.15, 0.2) is 9.84 Å². The Bertz CT molecular complexity index is 1390. The topological polar surface area (TPSA) is 91.9 Å². The predicted octanol–water partition coefficient (Wildman–Crippen LogP) is 4.73. The third-order valence-corrected chi connectivity index (χ3v) is 7.34. The quantitative estimate of drug-likeness (QED) is 0.443. The molecule has 8 heteroatoms. The van der Waals surface area contributed by atoms with E-state index < -0.39 is 15.1 Å². The van der Waals surface area contributed by atoms with Crippen LogP contribution in [0, 0.1) is 5.82 Å². The number of H-pyrrole nitrogens is 1. The second-order valence-electron chi connectivity index (χ2n) is 7.76. The van der Waals surface area contributed by atoms with Crippen molar-refractivity contribution < 1.29 is 17.6 Å². The van der Waals surface area contributed by atoms with E-state index in [1.807, 2.05) is 0 Å². The normalized spacial score (nSPS) is 11.8. The molecule has 164 valence electrons. The molecular formula is C24H22FN3O3S. The van der Waals surface area contributed by atoms with Gasteiger partial charge in [0.25, 0.3) is 5.91 Å². The summed E-state index contributed by atoms with van der Waals surface area (Å²) >= 11 is 0. The van der Waals surface area contributed by atoms with Crippen molar-refractivity contribution in [3.8, 4) is 0 Å². The average molecular weight is 452 g/mol. The number of imidazole rings is 1. The highest BCUT2D eigenvalue weighted by Gasteiger charge is 2.19. The Kier molecular flexibility index (Phi) is 5.80. The summed E-state index contributed by atoms with van der Waals surface area (Å²) in [7, 11) is -3.39. The molecule has 0 unspecified atom stereocenters. The molecule has 0 saturated carbocycles. The Morgan fingerprint density at radius 3 is 2.47 bits per heavy atom. The van der Waals surface area contributed by atoms with Crippen LogP contribution in [0.4, 0.5) is 10.1 Å². The summed E-state index contributed by atoms with van der Waals surface area (Å²) in [6.07, 6.45) is 0.328. The van der Waals surface area contributed by atoms with Crippen molar-refractivity contribution >= 4 is 32.5 Å². The molecule has 3 aromatic carbocycles. The van der Waals surface area contributed by atoms with E-state index in [2.05, 4.69) is 15.3 Å². The Balaban J connectivity index is 1.50. The van der Waals surface area contributed by atoms with Gasteiger partial charge in [-0.1, -0.05) is 18.2 Å². The lowest BCUT2D eigenvalue weighted by atomic mass is 10.1. The number of sulfone groups is 1. The van der Waals surface area contributed by atoms with Crippen LogP contribution in [0.3, 0.4) is 0 Å². The summed E-state index contributed by atoms with van der Waals surface area (Å²) in [6, 6.07) is 17.7. The molecule has 0 bridgehead atoms. The van der Waals surface area contributed by atoms with Gasteiger partial charge in [0, 0.05) is 17.7 Å². The number of hydrogen-bond donors (Lipinski definition) is 2. The monoisotopic (exact) mass is 451 g/mol. The number of nitrogens with one attached hydrogen (secondary N) is 2. The van der Waals surface area contributed by atoms with E-state index in [1.54, 1.807) is 50.2 Å². The van der Waals surface area contributed by atoms with Crippen molar-refractivity contribution in [3.05, 3.63) is 89.5 Å². The zero-order valence-corrected chi connectivity index (χ0v) is 18.4. The van der Waals surface area contributed by atoms with Gasteiger partial charge in [-0.2, -0.15) is 0 Å². The van der Waals surface area contributed by atoms with E-state index in [1.165, 1.54) is 30.3 Å². The number of nitrogens with zero attached hydrogens (tertiary/aromatic N) is 1. The summed E-state index contributed by atoms with van der Waals surface area (Å²) < 4.78 is 38.4.